The van der Waals surface area contributed by atoms with Crippen molar-refractivity contribution >= 4 is 5.97 Å². The third-order valence-corrected chi connectivity index (χ3v) is 3.29. The number of likely N-dealkylation sites (N-methyl/N-ethyl adjacent to an activating group) is 1. The average Bonchev–Trinajstić information content (AvgIpc) is 2.62. The van der Waals surface area contributed by atoms with Crippen molar-refractivity contribution in [3.8, 4) is 0 Å². The topological polar surface area (TPSA) is 41.6 Å². The highest BCUT2D eigenvalue weighted by molar-refractivity contribution is 5.75. The van der Waals surface area contributed by atoms with Gasteiger partial charge in [0.1, 0.15) is 6.04 Å². The normalized spacial score (nSPS) is 28.1. The molecule has 0 bridgehead atoms. The fraction of sp³-hybridized carbons (Fsp3) is 0.909. The zero-order valence-corrected chi connectivity index (χ0v) is 10.2. The molecule has 1 aliphatic rings. The van der Waals surface area contributed by atoms with E-state index in [9.17, 15) is 4.79 Å². The molecule has 0 aromatic heterocycles. The van der Waals surface area contributed by atoms with E-state index in [1.807, 2.05) is 14.0 Å². The molecule has 88 valence electrons. The molecule has 2 unspecified atom stereocenters. The Balaban J connectivity index is 2.47. The minimum absolute atomic E-state index is 0.160. The molecule has 4 heteroatoms. The van der Waals surface area contributed by atoms with E-state index >= 15 is 0 Å². The number of hydrogen-bond acceptors (Lipinski definition) is 4. The zero-order valence-electron chi connectivity index (χ0n) is 10.2. The van der Waals surface area contributed by atoms with Gasteiger partial charge in [-0.25, -0.2) is 0 Å². The lowest BCUT2D eigenvalue weighted by Crippen LogP contribution is -2.43. The van der Waals surface area contributed by atoms with E-state index < -0.39 is 0 Å². The van der Waals surface area contributed by atoms with Crippen LogP contribution in [0.3, 0.4) is 0 Å². The van der Waals surface area contributed by atoms with Gasteiger partial charge in [-0.05, 0) is 32.4 Å². The van der Waals surface area contributed by atoms with Crippen LogP contribution in [0.15, 0.2) is 0 Å². The van der Waals surface area contributed by atoms with Crippen LogP contribution in [0.1, 0.15) is 20.3 Å². The summed E-state index contributed by atoms with van der Waals surface area (Å²) in [5.41, 5.74) is 0.289. The summed E-state index contributed by atoms with van der Waals surface area (Å²) in [4.78, 5) is 13.4. The Bertz CT molecular complexity index is 225. The monoisotopic (exact) mass is 214 g/mol. The van der Waals surface area contributed by atoms with Crippen molar-refractivity contribution in [3.05, 3.63) is 0 Å². The van der Waals surface area contributed by atoms with E-state index in [0.717, 1.165) is 19.6 Å². The highest BCUT2D eigenvalue weighted by Gasteiger charge is 2.32. The number of nitrogens with one attached hydrogen (secondary N) is 1. The van der Waals surface area contributed by atoms with E-state index in [0.29, 0.717) is 0 Å². The second kappa shape index (κ2) is 4.94. The SMILES string of the molecule is COC(=O)C(C)N(C)CC1(C)CCNC1. The lowest BCUT2D eigenvalue weighted by molar-refractivity contribution is -0.146. The van der Waals surface area contributed by atoms with Gasteiger partial charge >= 0.3 is 5.97 Å². The summed E-state index contributed by atoms with van der Waals surface area (Å²) in [5, 5.41) is 3.36. The second-order valence-corrected chi connectivity index (χ2v) is 4.85. The predicted octanol–water partition coefficient (Wildman–Crippen LogP) is 0.479. The van der Waals surface area contributed by atoms with Gasteiger partial charge in [0, 0.05) is 13.1 Å². The minimum atomic E-state index is -0.160. The Morgan fingerprint density at radius 1 is 1.67 bits per heavy atom. The average molecular weight is 214 g/mol. The van der Waals surface area contributed by atoms with Crippen LogP contribution in [0.4, 0.5) is 0 Å². The lowest BCUT2D eigenvalue weighted by Gasteiger charge is -2.31. The number of methoxy groups -OCH3 is 1. The van der Waals surface area contributed by atoms with E-state index in [4.69, 9.17) is 4.74 Å². The van der Waals surface area contributed by atoms with Crippen LogP contribution in [-0.2, 0) is 9.53 Å². The maximum atomic E-state index is 11.4. The third-order valence-electron chi connectivity index (χ3n) is 3.29. The molecule has 1 aliphatic heterocycles. The molecule has 0 radical (unpaired) electrons. The van der Waals surface area contributed by atoms with E-state index in [1.165, 1.54) is 13.5 Å². The molecular weight excluding hydrogens is 192 g/mol. The lowest BCUT2D eigenvalue weighted by atomic mass is 9.89. The molecule has 1 rings (SSSR count). The quantitative estimate of drug-likeness (QED) is 0.691. The summed E-state index contributed by atoms with van der Waals surface area (Å²) >= 11 is 0. The molecule has 15 heavy (non-hydrogen) atoms. The molecular formula is C11H22N2O2. The van der Waals surface area contributed by atoms with Crippen molar-refractivity contribution in [2.75, 3.05) is 33.8 Å². The van der Waals surface area contributed by atoms with Crippen LogP contribution >= 0.6 is 0 Å². The summed E-state index contributed by atoms with van der Waals surface area (Å²) in [7, 11) is 3.41. The highest BCUT2D eigenvalue weighted by Crippen LogP contribution is 2.25. The molecule has 0 amide bonds. The fourth-order valence-electron chi connectivity index (χ4n) is 2.09. The number of nitrogens with zero attached hydrogens (tertiary/aromatic N) is 1. The molecule has 1 fully saturated rings. The smallest absolute Gasteiger partial charge is 0.322 e. The molecule has 0 aromatic carbocycles. The van der Waals surface area contributed by atoms with Crippen molar-refractivity contribution in [3.63, 3.8) is 0 Å². The molecule has 1 N–H and O–H groups in total. The summed E-state index contributed by atoms with van der Waals surface area (Å²) in [6.07, 6.45) is 1.17. The standard InChI is InChI=1S/C11H22N2O2/c1-9(10(14)15-4)13(3)8-11(2)5-6-12-7-11/h9,12H,5-8H2,1-4H3. The summed E-state index contributed by atoms with van der Waals surface area (Å²) in [6, 6.07) is -0.160. The van der Waals surface area contributed by atoms with Gasteiger partial charge in [0.25, 0.3) is 0 Å². The number of carbonyl (C=O) groups excluding carboxylic acids is 1. The van der Waals surface area contributed by atoms with Crippen LogP contribution in [0, 0.1) is 5.41 Å². The van der Waals surface area contributed by atoms with Crippen LogP contribution in [0.25, 0.3) is 0 Å². The maximum Gasteiger partial charge on any atom is 0.322 e. The zero-order chi connectivity index (χ0) is 11.5. The van der Waals surface area contributed by atoms with Gasteiger partial charge in [0.15, 0.2) is 0 Å². The van der Waals surface area contributed by atoms with Crippen molar-refractivity contribution in [2.24, 2.45) is 5.41 Å². The first kappa shape index (κ1) is 12.5. The van der Waals surface area contributed by atoms with Crippen molar-refractivity contribution in [1.29, 1.82) is 0 Å². The molecule has 0 aromatic rings. The van der Waals surface area contributed by atoms with Crippen LogP contribution < -0.4 is 5.32 Å². The minimum Gasteiger partial charge on any atom is -0.468 e. The summed E-state index contributed by atoms with van der Waals surface area (Å²) < 4.78 is 4.73. The second-order valence-electron chi connectivity index (χ2n) is 4.85. The highest BCUT2D eigenvalue weighted by atomic mass is 16.5. The van der Waals surface area contributed by atoms with Crippen molar-refractivity contribution in [2.45, 2.75) is 26.3 Å². The van der Waals surface area contributed by atoms with Gasteiger partial charge in [0.2, 0.25) is 0 Å². The fourth-order valence-corrected chi connectivity index (χ4v) is 2.09. The Morgan fingerprint density at radius 2 is 2.33 bits per heavy atom. The van der Waals surface area contributed by atoms with Crippen molar-refractivity contribution in [1.82, 2.24) is 10.2 Å². The molecule has 0 aliphatic carbocycles. The Labute approximate surface area is 92.0 Å². The first-order valence-electron chi connectivity index (χ1n) is 5.47. The first-order valence-corrected chi connectivity index (χ1v) is 5.47. The van der Waals surface area contributed by atoms with Gasteiger partial charge in [-0.3, -0.25) is 9.69 Å². The Kier molecular flexibility index (Phi) is 4.11. The van der Waals surface area contributed by atoms with Gasteiger partial charge in [0.05, 0.1) is 7.11 Å². The maximum absolute atomic E-state index is 11.4. The number of rotatable bonds is 4. The Hall–Kier alpha value is -0.610. The summed E-state index contributed by atoms with van der Waals surface area (Å²) in [6.45, 7) is 7.18. The first-order chi connectivity index (χ1) is 6.98. The van der Waals surface area contributed by atoms with Crippen LogP contribution in [0.5, 0.6) is 0 Å². The van der Waals surface area contributed by atoms with E-state index in [-0.39, 0.29) is 17.4 Å². The molecule has 2 atom stereocenters. The van der Waals surface area contributed by atoms with Crippen molar-refractivity contribution < 1.29 is 9.53 Å². The van der Waals surface area contributed by atoms with Gasteiger partial charge < -0.3 is 10.1 Å². The Morgan fingerprint density at radius 3 is 2.80 bits per heavy atom. The van der Waals surface area contributed by atoms with E-state index in [2.05, 4.69) is 17.1 Å². The van der Waals surface area contributed by atoms with E-state index in [1.54, 1.807) is 0 Å². The number of esters is 1. The van der Waals surface area contributed by atoms with Gasteiger partial charge in [-0.15, -0.1) is 0 Å². The molecule has 0 spiro atoms. The molecule has 0 saturated carbocycles. The number of ether oxygens (including phenoxy) is 1. The molecule has 4 nitrogen and oxygen atoms in total. The third kappa shape index (κ3) is 3.18. The largest absolute Gasteiger partial charge is 0.468 e. The van der Waals surface area contributed by atoms with Crippen LogP contribution in [0.2, 0.25) is 0 Å². The molecule has 1 heterocycles. The predicted molar refractivity (Wildman–Crippen MR) is 59.7 cm³/mol. The van der Waals surface area contributed by atoms with Gasteiger partial charge in [-0.1, -0.05) is 6.92 Å². The number of hydrogen-bond donors (Lipinski definition) is 1. The number of carbonyl (C=O) groups is 1. The summed E-state index contributed by atoms with van der Waals surface area (Å²) in [5.74, 6) is -0.160. The van der Waals surface area contributed by atoms with Crippen LogP contribution in [-0.4, -0.2) is 50.7 Å². The molecule has 1 saturated heterocycles. The van der Waals surface area contributed by atoms with Gasteiger partial charge in [-0.2, -0.15) is 0 Å².